The third-order valence-corrected chi connectivity index (χ3v) is 6.60. The van der Waals surface area contributed by atoms with Gasteiger partial charge in [-0.05, 0) is 55.2 Å². The molecule has 1 amide bonds. The average molecular weight is 632 g/mol. The number of ether oxygens (including phenoxy) is 1. The van der Waals surface area contributed by atoms with Crippen molar-refractivity contribution in [3.63, 3.8) is 0 Å². The van der Waals surface area contributed by atoms with E-state index in [1.807, 2.05) is 39.8 Å². The van der Waals surface area contributed by atoms with E-state index in [4.69, 9.17) is 27.2 Å². The van der Waals surface area contributed by atoms with Crippen molar-refractivity contribution in [1.29, 1.82) is 0 Å². The molecule has 0 aliphatic heterocycles. The lowest BCUT2D eigenvalue weighted by molar-refractivity contribution is -0.123. The molecule has 0 saturated heterocycles. The minimum absolute atomic E-state index is 0.117. The molecule has 0 aliphatic carbocycles. The number of halogens is 2. The summed E-state index contributed by atoms with van der Waals surface area (Å²) in [4.78, 5) is 19.6. The molecule has 0 spiro atoms. The molecule has 11 heteroatoms. The van der Waals surface area contributed by atoms with Gasteiger partial charge < -0.3 is 26.2 Å². The predicted octanol–water partition coefficient (Wildman–Crippen LogP) is 7.57. The molecule has 0 radical (unpaired) electrons. The van der Waals surface area contributed by atoms with Crippen LogP contribution in [0.25, 0.3) is 0 Å². The molecule has 3 aromatic rings. The highest BCUT2D eigenvalue weighted by atomic mass is 35.5. The predicted molar refractivity (Wildman–Crippen MR) is 177 cm³/mol. The summed E-state index contributed by atoms with van der Waals surface area (Å²) in [6.45, 7) is 10.2. The fourth-order valence-corrected chi connectivity index (χ4v) is 4.24. The van der Waals surface area contributed by atoms with Gasteiger partial charge in [0.05, 0.1) is 5.02 Å². The van der Waals surface area contributed by atoms with E-state index in [0.29, 0.717) is 50.9 Å². The monoisotopic (exact) mass is 631 g/mol. The van der Waals surface area contributed by atoms with Crippen LogP contribution in [0.1, 0.15) is 46.6 Å². The number of anilines is 3. The number of rotatable bonds is 13. The summed E-state index contributed by atoms with van der Waals surface area (Å²) in [5.74, 6) is 0.938. The Balaban J connectivity index is 0.00000120. The largest absolute Gasteiger partial charge is 0.487 e. The molecule has 1 unspecified atom stereocenters. The molecule has 0 fully saturated rings. The van der Waals surface area contributed by atoms with E-state index in [9.17, 15) is 9.18 Å². The van der Waals surface area contributed by atoms with Crippen LogP contribution in [0.2, 0.25) is 5.02 Å². The second-order valence-corrected chi connectivity index (χ2v) is 10.2. The Bertz CT molecular complexity index is 1310. The molecule has 8 nitrogen and oxygen atoms in total. The molecular formula is C32H43ClFN5O3S. The molecule has 1 aromatic heterocycles. The number of benzene rings is 2. The number of aliphatic hydroxyl groups excluding tert-OH is 1. The van der Waals surface area contributed by atoms with Gasteiger partial charge >= 0.3 is 0 Å². The van der Waals surface area contributed by atoms with Crippen molar-refractivity contribution >= 4 is 46.5 Å². The first-order chi connectivity index (χ1) is 20.8. The quantitative estimate of drug-likeness (QED) is 0.0866. The summed E-state index contributed by atoms with van der Waals surface area (Å²) in [6, 6.07) is 11.4. The lowest BCUT2D eigenvalue weighted by Gasteiger charge is -2.13. The average Bonchev–Trinajstić information content (AvgIpc) is 3.01. The summed E-state index contributed by atoms with van der Waals surface area (Å²) in [5, 5.41) is 15.5. The third kappa shape index (κ3) is 14.9. The van der Waals surface area contributed by atoms with Crippen molar-refractivity contribution in [2.45, 2.75) is 52.7 Å². The van der Waals surface area contributed by atoms with Gasteiger partial charge in [0.15, 0.2) is 5.82 Å². The number of allylic oxidation sites excluding steroid dienone is 2. The van der Waals surface area contributed by atoms with Crippen molar-refractivity contribution in [1.82, 2.24) is 15.3 Å². The van der Waals surface area contributed by atoms with Gasteiger partial charge in [-0.25, -0.2) is 14.4 Å². The maximum absolute atomic E-state index is 13.3. The minimum atomic E-state index is -0.518. The van der Waals surface area contributed by atoms with Gasteiger partial charge in [-0.1, -0.05) is 75.7 Å². The van der Waals surface area contributed by atoms with Crippen LogP contribution < -0.4 is 21.1 Å². The van der Waals surface area contributed by atoms with Crippen molar-refractivity contribution in [2.75, 3.05) is 30.0 Å². The van der Waals surface area contributed by atoms with Gasteiger partial charge in [0.2, 0.25) is 5.91 Å². The molecule has 1 atom stereocenters. The number of nitrogens with one attached hydrogen (secondary N) is 2. The van der Waals surface area contributed by atoms with E-state index in [2.05, 4.69) is 39.7 Å². The fraction of sp³-hybridized carbons (Fsp3) is 0.344. The van der Waals surface area contributed by atoms with Crippen molar-refractivity contribution in [3.05, 3.63) is 89.5 Å². The first-order valence-electron chi connectivity index (χ1n) is 14.1. The zero-order chi connectivity index (χ0) is 32.0. The number of hydrogen-bond donors (Lipinski definition) is 4. The van der Waals surface area contributed by atoms with E-state index in [1.54, 1.807) is 30.3 Å². The molecule has 2 aromatic carbocycles. The first-order valence-corrected chi connectivity index (χ1v) is 15.5. The molecule has 234 valence electrons. The molecular weight excluding hydrogens is 589 g/mol. The summed E-state index contributed by atoms with van der Waals surface area (Å²) in [7, 11) is 0. The lowest BCUT2D eigenvalue weighted by atomic mass is 10.1. The van der Waals surface area contributed by atoms with Crippen LogP contribution >= 0.6 is 23.4 Å². The minimum Gasteiger partial charge on any atom is -0.487 e. The van der Waals surface area contributed by atoms with Crippen molar-refractivity contribution < 1.29 is 19.0 Å². The SMILES string of the molecule is C/C=C\CC.CC.CC(/C=C/CSc1ncnc(Nc2ccc(OCc3cccc(F)c3)c(Cl)c2)c1N)CNC(=O)CO. The number of nitrogens with zero attached hydrogens (tertiary/aromatic N) is 2. The maximum atomic E-state index is 13.3. The Morgan fingerprint density at radius 2 is 1.98 bits per heavy atom. The van der Waals surface area contributed by atoms with Crippen LogP contribution in [-0.4, -0.2) is 39.9 Å². The Morgan fingerprint density at radius 1 is 1.21 bits per heavy atom. The maximum Gasteiger partial charge on any atom is 0.245 e. The fourth-order valence-electron chi connectivity index (χ4n) is 3.26. The van der Waals surface area contributed by atoms with E-state index in [-0.39, 0.29) is 18.3 Å². The number of hydrogen-bond acceptors (Lipinski definition) is 8. The zero-order valence-corrected chi connectivity index (χ0v) is 27.0. The summed E-state index contributed by atoms with van der Waals surface area (Å²) in [6.07, 6.45) is 10.7. The number of aliphatic hydroxyl groups is 1. The van der Waals surface area contributed by atoms with Crippen LogP contribution in [0.3, 0.4) is 0 Å². The number of carbonyl (C=O) groups excluding carboxylic acids is 1. The highest BCUT2D eigenvalue weighted by molar-refractivity contribution is 7.99. The topological polar surface area (TPSA) is 122 Å². The number of carbonyl (C=O) groups is 1. The second-order valence-electron chi connectivity index (χ2n) is 8.79. The highest BCUT2D eigenvalue weighted by Gasteiger charge is 2.11. The molecule has 0 aliphatic rings. The Hall–Kier alpha value is -3.60. The normalized spacial score (nSPS) is 11.3. The summed E-state index contributed by atoms with van der Waals surface area (Å²) >= 11 is 7.82. The number of amides is 1. The summed E-state index contributed by atoms with van der Waals surface area (Å²) in [5.41, 5.74) is 8.04. The smallest absolute Gasteiger partial charge is 0.245 e. The van der Waals surface area contributed by atoms with Gasteiger partial charge in [0.25, 0.3) is 0 Å². The second kappa shape index (κ2) is 22.0. The molecule has 5 N–H and O–H groups in total. The zero-order valence-electron chi connectivity index (χ0n) is 25.4. The van der Waals surface area contributed by atoms with Crippen LogP contribution in [0.15, 0.2) is 78.1 Å². The standard InChI is InChI=1S/C25H27ClFN5O3S.C5H10.C2H6/c1-16(12-29-22(34)13-33)4-3-9-36-25-23(28)24(30-15-31-25)32-19-7-8-21(20(26)11-19)35-14-17-5-2-6-18(27)10-17;1-3-5-4-2;1-2/h2-8,10-11,15-16,33H,9,12-14,28H2,1H3,(H,29,34)(H,30,31,32);3,5H,4H2,1-2H3;1-2H3/b4-3+;5-3-;. The van der Waals surface area contributed by atoms with Gasteiger partial charge in [0, 0.05) is 18.0 Å². The molecule has 1 heterocycles. The molecule has 0 bridgehead atoms. The van der Waals surface area contributed by atoms with Gasteiger partial charge in [-0.2, -0.15) is 0 Å². The van der Waals surface area contributed by atoms with E-state index < -0.39 is 12.5 Å². The third-order valence-electron chi connectivity index (χ3n) is 5.34. The molecule has 43 heavy (non-hydrogen) atoms. The van der Waals surface area contributed by atoms with E-state index in [1.165, 1.54) is 30.2 Å². The Kier molecular flexibility index (Phi) is 19.2. The number of thioether (sulfide) groups is 1. The highest BCUT2D eigenvalue weighted by Crippen LogP contribution is 2.33. The van der Waals surface area contributed by atoms with Crippen LogP contribution in [-0.2, 0) is 11.4 Å². The van der Waals surface area contributed by atoms with Crippen molar-refractivity contribution in [2.24, 2.45) is 5.92 Å². The van der Waals surface area contributed by atoms with E-state index >= 15 is 0 Å². The van der Waals surface area contributed by atoms with Gasteiger partial charge in [0.1, 0.15) is 41.8 Å². The van der Waals surface area contributed by atoms with Gasteiger partial charge in [-0.3, -0.25) is 4.79 Å². The molecule has 3 rings (SSSR count). The Labute approximate surface area is 264 Å². The van der Waals surface area contributed by atoms with Crippen LogP contribution in [0.5, 0.6) is 5.75 Å². The summed E-state index contributed by atoms with van der Waals surface area (Å²) < 4.78 is 19.1. The van der Waals surface area contributed by atoms with Crippen molar-refractivity contribution in [3.8, 4) is 5.75 Å². The number of nitrogen functional groups attached to an aromatic ring is 1. The first kappa shape index (κ1) is 37.4. The Morgan fingerprint density at radius 3 is 2.60 bits per heavy atom. The number of aromatic nitrogens is 2. The lowest BCUT2D eigenvalue weighted by Crippen LogP contribution is -2.29. The number of nitrogens with two attached hydrogens (primary N) is 1. The van der Waals surface area contributed by atoms with E-state index in [0.717, 1.165) is 6.42 Å². The molecule has 0 saturated carbocycles. The van der Waals surface area contributed by atoms with Crippen LogP contribution in [0.4, 0.5) is 21.6 Å². The van der Waals surface area contributed by atoms with Crippen LogP contribution in [0, 0.1) is 11.7 Å². The van der Waals surface area contributed by atoms with Gasteiger partial charge in [-0.15, -0.1) is 11.8 Å².